The molecule has 3 aromatic rings. The Bertz CT molecular complexity index is 928. The first-order chi connectivity index (χ1) is 13.5. The first-order valence-electron chi connectivity index (χ1n) is 8.66. The molecule has 0 aliphatic rings. The average molecular weight is 413 g/mol. The normalized spacial score (nSPS) is 10.4. The maximum absolute atomic E-state index is 12.4. The van der Waals surface area contributed by atoms with Gasteiger partial charge in [-0.2, -0.15) is 0 Å². The second-order valence-electron chi connectivity index (χ2n) is 6.21. The van der Waals surface area contributed by atoms with Crippen LogP contribution < -0.4 is 10.6 Å². The lowest BCUT2D eigenvalue weighted by Gasteiger charge is -2.09. The van der Waals surface area contributed by atoms with Crippen LogP contribution in [0.1, 0.15) is 31.8 Å². The fraction of sp³-hybridized carbons (Fsp3) is 0.0909. The number of nitrogens with one attached hydrogen (secondary N) is 2. The third-order valence-electron chi connectivity index (χ3n) is 4.07. The largest absolute Gasteiger partial charge is 0.348 e. The molecule has 2 amide bonds. The Hall–Kier alpha value is -2.82. The quantitative estimate of drug-likeness (QED) is 0.607. The molecule has 0 radical (unpaired) electrons. The van der Waals surface area contributed by atoms with Gasteiger partial charge in [0.15, 0.2) is 0 Å². The summed E-state index contributed by atoms with van der Waals surface area (Å²) in [6.07, 6.45) is 0. The minimum Gasteiger partial charge on any atom is -0.348 e. The molecule has 0 unspecified atom stereocenters. The number of benzene rings is 3. The summed E-state index contributed by atoms with van der Waals surface area (Å²) >= 11 is 11.9. The zero-order chi connectivity index (χ0) is 19.9. The molecule has 0 aliphatic heterocycles. The number of rotatable bonds is 6. The molecule has 28 heavy (non-hydrogen) atoms. The van der Waals surface area contributed by atoms with E-state index >= 15 is 0 Å². The smallest absolute Gasteiger partial charge is 0.251 e. The summed E-state index contributed by atoms with van der Waals surface area (Å²) < 4.78 is 0. The van der Waals surface area contributed by atoms with Crippen molar-refractivity contribution in [2.75, 3.05) is 0 Å². The van der Waals surface area contributed by atoms with Crippen molar-refractivity contribution in [2.24, 2.45) is 0 Å². The van der Waals surface area contributed by atoms with E-state index in [4.69, 9.17) is 23.2 Å². The first kappa shape index (κ1) is 19.9. The van der Waals surface area contributed by atoms with Gasteiger partial charge in [-0.15, -0.1) is 0 Å². The summed E-state index contributed by atoms with van der Waals surface area (Å²) in [5.41, 5.74) is 2.63. The van der Waals surface area contributed by atoms with Crippen molar-refractivity contribution >= 4 is 35.0 Å². The summed E-state index contributed by atoms with van der Waals surface area (Å²) in [6.45, 7) is 0.704. The van der Waals surface area contributed by atoms with E-state index in [0.29, 0.717) is 34.3 Å². The van der Waals surface area contributed by atoms with Crippen LogP contribution in [0.5, 0.6) is 0 Å². The van der Waals surface area contributed by atoms with Crippen LogP contribution in [0.2, 0.25) is 10.0 Å². The molecule has 3 aromatic carbocycles. The van der Waals surface area contributed by atoms with E-state index in [2.05, 4.69) is 10.6 Å². The number of carbonyl (C=O) groups excluding carboxylic acids is 2. The van der Waals surface area contributed by atoms with Gasteiger partial charge in [0.25, 0.3) is 11.8 Å². The third kappa shape index (κ3) is 5.59. The van der Waals surface area contributed by atoms with Crippen LogP contribution in [0.15, 0.2) is 72.8 Å². The molecule has 0 saturated heterocycles. The Labute approximate surface area is 173 Å². The van der Waals surface area contributed by atoms with Gasteiger partial charge in [0.2, 0.25) is 0 Å². The van der Waals surface area contributed by atoms with Crippen molar-refractivity contribution in [3.63, 3.8) is 0 Å². The van der Waals surface area contributed by atoms with Crippen LogP contribution in [0, 0.1) is 0 Å². The van der Waals surface area contributed by atoms with Crippen LogP contribution in [0.4, 0.5) is 0 Å². The second kappa shape index (κ2) is 9.40. The van der Waals surface area contributed by atoms with Crippen molar-refractivity contribution in [3.8, 4) is 0 Å². The summed E-state index contributed by atoms with van der Waals surface area (Å²) in [7, 11) is 0. The van der Waals surface area contributed by atoms with Crippen molar-refractivity contribution in [1.29, 1.82) is 0 Å². The summed E-state index contributed by atoms with van der Waals surface area (Å²) in [5, 5.41) is 6.89. The van der Waals surface area contributed by atoms with E-state index in [1.165, 1.54) is 0 Å². The highest BCUT2D eigenvalue weighted by atomic mass is 35.5. The van der Waals surface area contributed by atoms with Crippen molar-refractivity contribution in [2.45, 2.75) is 13.1 Å². The highest BCUT2D eigenvalue weighted by molar-refractivity contribution is 6.30. The Morgan fingerprint density at radius 1 is 0.643 bits per heavy atom. The lowest BCUT2D eigenvalue weighted by Crippen LogP contribution is -2.25. The van der Waals surface area contributed by atoms with E-state index < -0.39 is 0 Å². The maximum atomic E-state index is 12.4. The Morgan fingerprint density at radius 3 is 1.50 bits per heavy atom. The van der Waals surface area contributed by atoms with E-state index in [1.54, 1.807) is 48.5 Å². The highest BCUT2D eigenvalue weighted by Gasteiger charge is 2.10. The van der Waals surface area contributed by atoms with E-state index in [-0.39, 0.29) is 11.8 Å². The number of halogens is 2. The molecule has 0 atom stereocenters. The molecular formula is C22H18Cl2N2O2. The van der Waals surface area contributed by atoms with Crippen LogP contribution in [-0.4, -0.2) is 11.8 Å². The molecule has 0 saturated carbocycles. The fourth-order valence-corrected chi connectivity index (χ4v) is 3.09. The zero-order valence-corrected chi connectivity index (χ0v) is 16.4. The zero-order valence-electron chi connectivity index (χ0n) is 14.9. The lowest BCUT2D eigenvalue weighted by atomic mass is 10.1. The Morgan fingerprint density at radius 2 is 1.07 bits per heavy atom. The van der Waals surface area contributed by atoms with Gasteiger partial charge in [-0.3, -0.25) is 9.59 Å². The summed E-state index contributed by atoms with van der Waals surface area (Å²) in [4.78, 5) is 24.8. The molecule has 0 aliphatic carbocycles. The van der Waals surface area contributed by atoms with E-state index in [9.17, 15) is 9.59 Å². The maximum Gasteiger partial charge on any atom is 0.251 e. The number of carbonyl (C=O) groups is 2. The van der Waals surface area contributed by atoms with Crippen LogP contribution in [0.25, 0.3) is 0 Å². The van der Waals surface area contributed by atoms with Crippen molar-refractivity contribution in [3.05, 3.63) is 105 Å². The minimum absolute atomic E-state index is 0.260. The predicted octanol–water partition coefficient (Wildman–Crippen LogP) is 4.85. The molecule has 2 N–H and O–H groups in total. The lowest BCUT2D eigenvalue weighted by molar-refractivity contribution is 0.0950. The fourth-order valence-electron chi connectivity index (χ4n) is 2.66. The first-order valence-corrected chi connectivity index (χ1v) is 9.42. The SMILES string of the molecule is O=C(NCc1cccc(Cl)c1)c1cccc(C(=O)NCc2cccc(Cl)c2)c1. The highest BCUT2D eigenvalue weighted by Crippen LogP contribution is 2.12. The van der Waals surface area contributed by atoms with E-state index in [1.807, 2.05) is 24.3 Å². The molecule has 6 heteroatoms. The number of hydrogen-bond donors (Lipinski definition) is 2. The molecule has 4 nitrogen and oxygen atoms in total. The molecule has 3 rings (SSSR count). The van der Waals surface area contributed by atoms with Crippen LogP contribution in [-0.2, 0) is 13.1 Å². The van der Waals surface area contributed by atoms with Gasteiger partial charge < -0.3 is 10.6 Å². The number of amides is 2. The van der Waals surface area contributed by atoms with Crippen molar-refractivity contribution < 1.29 is 9.59 Å². The van der Waals surface area contributed by atoms with Gasteiger partial charge >= 0.3 is 0 Å². The van der Waals surface area contributed by atoms with E-state index in [0.717, 1.165) is 11.1 Å². The summed E-state index contributed by atoms with van der Waals surface area (Å²) in [6, 6.07) is 21.1. The topological polar surface area (TPSA) is 58.2 Å². The van der Waals surface area contributed by atoms with Gasteiger partial charge in [-0.1, -0.05) is 53.5 Å². The monoisotopic (exact) mass is 412 g/mol. The number of hydrogen-bond acceptors (Lipinski definition) is 2. The standard InChI is InChI=1S/C22H18Cl2N2O2/c23-19-8-1-4-15(10-19)13-25-21(27)17-6-3-7-18(12-17)22(28)26-14-16-5-2-9-20(24)11-16/h1-12H,13-14H2,(H,25,27)(H,26,28). The average Bonchev–Trinajstić information content (AvgIpc) is 2.70. The molecule has 0 bridgehead atoms. The molecular weight excluding hydrogens is 395 g/mol. The third-order valence-corrected chi connectivity index (χ3v) is 4.54. The summed E-state index contributed by atoms with van der Waals surface area (Å²) in [5.74, 6) is -0.520. The molecule has 0 heterocycles. The van der Waals surface area contributed by atoms with Crippen LogP contribution in [0.3, 0.4) is 0 Å². The molecule has 0 aromatic heterocycles. The van der Waals surface area contributed by atoms with Gasteiger partial charge in [-0.05, 0) is 53.6 Å². The Balaban J connectivity index is 1.60. The Kier molecular flexibility index (Phi) is 6.69. The molecule has 142 valence electrons. The van der Waals surface area contributed by atoms with Crippen molar-refractivity contribution in [1.82, 2.24) is 10.6 Å². The molecule has 0 spiro atoms. The van der Waals surface area contributed by atoms with Crippen LogP contribution >= 0.6 is 23.2 Å². The van der Waals surface area contributed by atoms with Gasteiger partial charge in [-0.25, -0.2) is 0 Å². The predicted molar refractivity (Wildman–Crippen MR) is 112 cm³/mol. The van der Waals surface area contributed by atoms with Gasteiger partial charge in [0.05, 0.1) is 0 Å². The minimum atomic E-state index is -0.260. The second-order valence-corrected chi connectivity index (χ2v) is 7.08. The molecule has 0 fully saturated rings. The van der Waals surface area contributed by atoms with Gasteiger partial charge in [0.1, 0.15) is 0 Å². The van der Waals surface area contributed by atoms with Gasteiger partial charge in [0, 0.05) is 34.3 Å².